The van der Waals surface area contributed by atoms with Crippen LogP contribution in [0.15, 0.2) is 11.6 Å². The SMILES string of the molecule is CC(C)=CCC[C@H](C)NCC(=O)NC(C)(C)C. The summed E-state index contributed by atoms with van der Waals surface area (Å²) >= 11 is 0. The lowest BCUT2D eigenvalue weighted by Gasteiger charge is -2.21. The molecule has 2 N–H and O–H groups in total. The first-order valence-corrected chi connectivity index (χ1v) is 6.38. The van der Waals surface area contributed by atoms with Gasteiger partial charge in [-0.2, -0.15) is 0 Å². The van der Waals surface area contributed by atoms with Gasteiger partial charge in [0.25, 0.3) is 0 Å². The summed E-state index contributed by atoms with van der Waals surface area (Å²) in [6.45, 7) is 12.7. The highest BCUT2D eigenvalue weighted by molar-refractivity contribution is 5.78. The molecule has 3 heteroatoms. The van der Waals surface area contributed by atoms with Crippen LogP contribution in [0.25, 0.3) is 0 Å². The molecule has 3 nitrogen and oxygen atoms in total. The second kappa shape index (κ2) is 7.49. The zero-order valence-electron chi connectivity index (χ0n) is 12.2. The van der Waals surface area contributed by atoms with E-state index in [-0.39, 0.29) is 11.4 Å². The topological polar surface area (TPSA) is 41.1 Å². The van der Waals surface area contributed by atoms with Crippen LogP contribution in [0.4, 0.5) is 0 Å². The summed E-state index contributed by atoms with van der Waals surface area (Å²) in [5.74, 6) is 0.0616. The van der Waals surface area contributed by atoms with E-state index in [0.29, 0.717) is 12.6 Å². The summed E-state index contributed by atoms with van der Waals surface area (Å²) in [7, 11) is 0. The number of allylic oxidation sites excluding steroid dienone is 2. The number of nitrogens with one attached hydrogen (secondary N) is 2. The van der Waals surface area contributed by atoms with E-state index in [9.17, 15) is 4.79 Å². The quantitative estimate of drug-likeness (QED) is 0.701. The van der Waals surface area contributed by atoms with Crippen molar-refractivity contribution in [1.29, 1.82) is 0 Å². The molecule has 0 bridgehead atoms. The van der Waals surface area contributed by atoms with E-state index < -0.39 is 0 Å². The fourth-order valence-electron chi connectivity index (χ4n) is 1.45. The van der Waals surface area contributed by atoms with Crippen LogP contribution >= 0.6 is 0 Å². The van der Waals surface area contributed by atoms with E-state index in [4.69, 9.17) is 0 Å². The van der Waals surface area contributed by atoms with Crippen LogP contribution in [-0.4, -0.2) is 24.0 Å². The summed E-state index contributed by atoms with van der Waals surface area (Å²) in [5, 5.41) is 6.17. The molecule has 0 saturated heterocycles. The van der Waals surface area contributed by atoms with Crippen molar-refractivity contribution in [1.82, 2.24) is 10.6 Å². The Labute approximate surface area is 106 Å². The van der Waals surface area contributed by atoms with E-state index in [1.54, 1.807) is 0 Å². The van der Waals surface area contributed by atoms with E-state index in [1.165, 1.54) is 5.57 Å². The van der Waals surface area contributed by atoms with E-state index in [0.717, 1.165) is 12.8 Å². The van der Waals surface area contributed by atoms with Crippen molar-refractivity contribution in [2.75, 3.05) is 6.54 Å². The average molecular weight is 240 g/mol. The third-order valence-electron chi connectivity index (χ3n) is 2.28. The summed E-state index contributed by atoms with van der Waals surface area (Å²) in [5.41, 5.74) is 1.20. The maximum Gasteiger partial charge on any atom is 0.234 e. The van der Waals surface area contributed by atoms with Gasteiger partial charge in [0.1, 0.15) is 0 Å². The lowest BCUT2D eigenvalue weighted by Crippen LogP contribution is -2.46. The molecule has 0 aromatic heterocycles. The highest BCUT2D eigenvalue weighted by atomic mass is 16.2. The van der Waals surface area contributed by atoms with Gasteiger partial charge in [-0.05, 0) is 54.4 Å². The molecule has 0 fully saturated rings. The van der Waals surface area contributed by atoms with Crippen molar-refractivity contribution in [2.45, 2.75) is 66.0 Å². The Balaban J connectivity index is 3.73. The molecule has 1 atom stereocenters. The van der Waals surface area contributed by atoms with Crippen LogP contribution in [0.1, 0.15) is 54.4 Å². The van der Waals surface area contributed by atoms with Gasteiger partial charge in [0, 0.05) is 11.6 Å². The molecule has 0 radical (unpaired) electrons. The minimum atomic E-state index is -0.149. The third kappa shape index (κ3) is 11.4. The predicted octanol–water partition coefficient (Wildman–Crippen LogP) is 2.63. The van der Waals surface area contributed by atoms with Gasteiger partial charge in [-0.3, -0.25) is 4.79 Å². The van der Waals surface area contributed by atoms with Crippen molar-refractivity contribution >= 4 is 5.91 Å². The summed E-state index contributed by atoms with van der Waals surface area (Å²) in [6.07, 6.45) is 4.36. The molecule has 0 heterocycles. The minimum Gasteiger partial charge on any atom is -0.350 e. The van der Waals surface area contributed by atoms with Crippen molar-refractivity contribution in [2.24, 2.45) is 0 Å². The molecule has 0 aromatic rings. The van der Waals surface area contributed by atoms with Crippen LogP contribution in [-0.2, 0) is 4.79 Å². The largest absolute Gasteiger partial charge is 0.350 e. The number of amides is 1. The van der Waals surface area contributed by atoms with Gasteiger partial charge < -0.3 is 10.6 Å². The first-order valence-electron chi connectivity index (χ1n) is 6.38. The second-order valence-corrected chi connectivity index (χ2v) is 5.94. The Hall–Kier alpha value is -0.830. The molecule has 0 aliphatic carbocycles. The van der Waals surface area contributed by atoms with E-state index in [1.807, 2.05) is 20.8 Å². The van der Waals surface area contributed by atoms with Crippen LogP contribution in [0.5, 0.6) is 0 Å². The number of rotatable bonds is 6. The second-order valence-electron chi connectivity index (χ2n) is 5.94. The molecule has 0 unspecified atom stereocenters. The van der Waals surface area contributed by atoms with Crippen molar-refractivity contribution in [3.8, 4) is 0 Å². The van der Waals surface area contributed by atoms with E-state index in [2.05, 4.69) is 37.5 Å². The van der Waals surface area contributed by atoms with E-state index >= 15 is 0 Å². The van der Waals surface area contributed by atoms with Crippen LogP contribution in [0.3, 0.4) is 0 Å². The van der Waals surface area contributed by atoms with Gasteiger partial charge in [0.05, 0.1) is 6.54 Å². The molecule has 0 spiro atoms. The number of carbonyl (C=O) groups excluding carboxylic acids is 1. The fourth-order valence-corrected chi connectivity index (χ4v) is 1.45. The lowest BCUT2D eigenvalue weighted by molar-refractivity contribution is -0.121. The van der Waals surface area contributed by atoms with Crippen LogP contribution < -0.4 is 10.6 Å². The first kappa shape index (κ1) is 16.2. The zero-order chi connectivity index (χ0) is 13.5. The Bertz CT molecular complexity index is 260. The number of hydrogen-bond acceptors (Lipinski definition) is 2. The summed E-state index contributed by atoms with van der Waals surface area (Å²) < 4.78 is 0. The summed E-state index contributed by atoms with van der Waals surface area (Å²) in [4.78, 5) is 11.6. The van der Waals surface area contributed by atoms with Gasteiger partial charge in [-0.25, -0.2) is 0 Å². The predicted molar refractivity (Wildman–Crippen MR) is 74.0 cm³/mol. The summed E-state index contributed by atoms with van der Waals surface area (Å²) in [6, 6.07) is 0.372. The van der Waals surface area contributed by atoms with Gasteiger partial charge >= 0.3 is 0 Å². The van der Waals surface area contributed by atoms with Crippen molar-refractivity contribution in [3.05, 3.63) is 11.6 Å². The smallest absolute Gasteiger partial charge is 0.234 e. The molecule has 17 heavy (non-hydrogen) atoms. The van der Waals surface area contributed by atoms with Gasteiger partial charge in [-0.15, -0.1) is 0 Å². The Morgan fingerprint density at radius 2 is 1.88 bits per heavy atom. The van der Waals surface area contributed by atoms with Crippen molar-refractivity contribution < 1.29 is 4.79 Å². The molecule has 0 aliphatic heterocycles. The Morgan fingerprint density at radius 1 is 1.29 bits per heavy atom. The number of hydrogen-bond donors (Lipinski definition) is 2. The normalized spacial score (nSPS) is 13.1. The zero-order valence-corrected chi connectivity index (χ0v) is 12.2. The maximum absolute atomic E-state index is 11.6. The maximum atomic E-state index is 11.6. The van der Waals surface area contributed by atoms with Crippen LogP contribution in [0.2, 0.25) is 0 Å². The Morgan fingerprint density at radius 3 is 2.35 bits per heavy atom. The van der Waals surface area contributed by atoms with Gasteiger partial charge in [0.2, 0.25) is 5.91 Å². The highest BCUT2D eigenvalue weighted by Crippen LogP contribution is 2.01. The average Bonchev–Trinajstić information content (AvgIpc) is 2.11. The molecule has 0 aromatic carbocycles. The minimum absolute atomic E-state index is 0.0616. The first-order chi connectivity index (χ1) is 7.70. The molecule has 0 aliphatic rings. The monoisotopic (exact) mass is 240 g/mol. The molecule has 1 amide bonds. The Kier molecular flexibility index (Phi) is 7.12. The number of carbonyl (C=O) groups is 1. The molecular weight excluding hydrogens is 212 g/mol. The van der Waals surface area contributed by atoms with Gasteiger partial charge in [0.15, 0.2) is 0 Å². The fraction of sp³-hybridized carbons (Fsp3) is 0.786. The standard InChI is InChI=1S/C14H28N2O/c1-11(2)8-7-9-12(3)15-10-13(17)16-14(4,5)6/h8,12,15H,7,9-10H2,1-6H3,(H,16,17)/t12-/m0/s1. The molecule has 0 rings (SSSR count). The molecule has 100 valence electrons. The molecule has 0 saturated carbocycles. The van der Waals surface area contributed by atoms with Gasteiger partial charge in [-0.1, -0.05) is 11.6 Å². The van der Waals surface area contributed by atoms with Crippen LogP contribution in [0, 0.1) is 0 Å². The molecular formula is C14H28N2O. The lowest BCUT2D eigenvalue weighted by atomic mass is 10.1. The van der Waals surface area contributed by atoms with Crippen molar-refractivity contribution in [3.63, 3.8) is 0 Å². The third-order valence-corrected chi connectivity index (χ3v) is 2.28. The highest BCUT2D eigenvalue weighted by Gasteiger charge is 2.13.